The molecule has 74 valence electrons. The minimum Gasteiger partial charge on any atom is -0.381 e. The molecule has 0 spiro atoms. The Morgan fingerprint density at radius 3 is 2.54 bits per heavy atom. The predicted octanol–water partition coefficient (Wildman–Crippen LogP) is 1.70. The Bertz CT molecular complexity index is 286. The van der Waals surface area contributed by atoms with Gasteiger partial charge in [-0.25, -0.2) is 0 Å². The van der Waals surface area contributed by atoms with Crippen molar-refractivity contribution in [1.82, 2.24) is 5.16 Å². The summed E-state index contributed by atoms with van der Waals surface area (Å²) >= 11 is 0. The second-order valence-electron chi connectivity index (χ2n) is 4.06. The van der Waals surface area contributed by atoms with E-state index >= 15 is 0 Å². The van der Waals surface area contributed by atoms with Gasteiger partial charge in [0.1, 0.15) is 5.76 Å². The highest BCUT2D eigenvalue weighted by Gasteiger charge is 2.25. The molecule has 4 nitrogen and oxygen atoms in total. The van der Waals surface area contributed by atoms with Crippen LogP contribution in [0.1, 0.15) is 32.1 Å². The van der Waals surface area contributed by atoms with Gasteiger partial charge in [0.2, 0.25) is 0 Å². The van der Waals surface area contributed by atoms with Crippen molar-refractivity contribution in [2.45, 2.75) is 32.8 Å². The van der Waals surface area contributed by atoms with E-state index in [2.05, 4.69) is 5.16 Å². The maximum absolute atomic E-state index is 5.64. The van der Waals surface area contributed by atoms with Crippen LogP contribution in [0.2, 0.25) is 0 Å². The number of ether oxygens (including phenoxy) is 1. The van der Waals surface area contributed by atoms with Gasteiger partial charge < -0.3 is 15.0 Å². The molecular formula is C9H16N2O2. The zero-order valence-corrected chi connectivity index (χ0v) is 8.55. The van der Waals surface area contributed by atoms with E-state index in [1.165, 1.54) is 0 Å². The Kier molecular flexibility index (Phi) is 2.61. The zero-order valence-electron chi connectivity index (χ0n) is 8.55. The van der Waals surface area contributed by atoms with E-state index in [9.17, 15) is 0 Å². The largest absolute Gasteiger partial charge is 0.381 e. The van der Waals surface area contributed by atoms with Crippen molar-refractivity contribution in [3.8, 4) is 0 Å². The lowest BCUT2D eigenvalue weighted by molar-refractivity contribution is 0.181. The summed E-state index contributed by atoms with van der Waals surface area (Å²) in [5.74, 6) is 1.22. The summed E-state index contributed by atoms with van der Waals surface area (Å²) in [7, 11) is 1.62. The van der Waals surface area contributed by atoms with Crippen molar-refractivity contribution in [1.29, 1.82) is 0 Å². The van der Waals surface area contributed by atoms with E-state index < -0.39 is 0 Å². The van der Waals surface area contributed by atoms with E-state index in [0.29, 0.717) is 12.4 Å². The van der Waals surface area contributed by atoms with E-state index in [1.54, 1.807) is 7.11 Å². The molecular weight excluding hydrogens is 168 g/mol. The number of hydrogen-bond donors (Lipinski definition) is 1. The van der Waals surface area contributed by atoms with Crippen LogP contribution in [0.15, 0.2) is 4.52 Å². The van der Waals surface area contributed by atoms with Crippen LogP contribution in [0.3, 0.4) is 0 Å². The zero-order chi connectivity index (χ0) is 10.1. The molecule has 0 aliphatic heterocycles. The Morgan fingerprint density at radius 2 is 2.08 bits per heavy atom. The molecule has 0 amide bonds. The first kappa shape index (κ1) is 10.1. The van der Waals surface area contributed by atoms with E-state index in [-0.39, 0.29) is 5.41 Å². The number of hydrogen-bond acceptors (Lipinski definition) is 4. The Labute approximate surface area is 78.0 Å². The fourth-order valence-corrected chi connectivity index (χ4v) is 1.19. The van der Waals surface area contributed by atoms with Crippen LogP contribution in [-0.4, -0.2) is 12.3 Å². The Balaban J connectivity index is 3.07. The Hall–Kier alpha value is -1.03. The van der Waals surface area contributed by atoms with Gasteiger partial charge in [-0.3, -0.25) is 0 Å². The quantitative estimate of drug-likeness (QED) is 0.759. The molecule has 0 aliphatic carbocycles. The van der Waals surface area contributed by atoms with Crippen LogP contribution >= 0.6 is 0 Å². The standard InChI is InChI=1S/C9H16N2O2/c1-9(2,3)7-6(5-12-4)8(10)11-13-7/h5H2,1-4H3,(H2,10,11). The molecule has 0 saturated carbocycles. The van der Waals surface area contributed by atoms with Crippen molar-refractivity contribution >= 4 is 5.82 Å². The van der Waals surface area contributed by atoms with Gasteiger partial charge in [-0.2, -0.15) is 0 Å². The van der Waals surface area contributed by atoms with Gasteiger partial charge in [0.05, 0.1) is 12.2 Å². The SMILES string of the molecule is COCc1c(N)noc1C(C)(C)C. The number of methoxy groups -OCH3 is 1. The number of rotatable bonds is 2. The minimum absolute atomic E-state index is 0.0848. The third-order valence-corrected chi connectivity index (χ3v) is 1.79. The molecule has 0 saturated heterocycles. The minimum atomic E-state index is -0.0848. The second kappa shape index (κ2) is 3.38. The molecule has 1 aromatic heterocycles. The number of nitrogen functional groups attached to an aromatic ring is 1. The smallest absolute Gasteiger partial charge is 0.172 e. The normalized spacial score (nSPS) is 12.0. The predicted molar refractivity (Wildman–Crippen MR) is 50.3 cm³/mol. The van der Waals surface area contributed by atoms with Crippen LogP contribution in [-0.2, 0) is 16.8 Å². The highest BCUT2D eigenvalue weighted by atomic mass is 16.5. The molecule has 0 aromatic carbocycles. The summed E-state index contributed by atoms with van der Waals surface area (Å²) in [4.78, 5) is 0. The molecule has 0 bridgehead atoms. The number of aromatic nitrogens is 1. The highest BCUT2D eigenvalue weighted by molar-refractivity contribution is 5.42. The van der Waals surface area contributed by atoms with Gasteiger partial charge >= 0.3 is 0 Å². The van der Waals surface area contributed by atoms with E-state index in [4.69, 9.17) is 15.0 Å². The summed E-state index contributed by atoms with van der Waals surface area (Å²) in [5, 5.41) is 3.72. The van der Waals surface area contributed by atoms with Crippen LogP contribution in [0.4, 0.5) is 5.82 Å². The second-order valence-corrected chi connectivity index (χ2v) is 4.06. The maximum Gasteiger partial charge on any atom is 0.172 e. The van der Waals surface area contributed by atoms with Gasteiger partial charge in [-0.15, -0.1) is 0 Å². The molecule has 1 aromatic rings. The van der Waals surface area contributed by atoms with Crippen LogP contribution in [0, 0.1) is 0 Å². The lowest BCUT2D eigenvalue weighted by Crippen LogP contribution is -2.13. The molecule has 4 heteroatoms. The molecule has 0 atom stereocenters. The average Bonchev–Trinajstić information content (AvgIpc) is 2.32. The molecule has 1 rings (SSSR count). The molecule has 0 fully saturated rings. The first-order valence-electron chi connectivity index (χ1n) is 4.20. The van der Waals surface area contributed by atoms with Gasteiger partial charge in [0.25, 0.3) is 0 Å². The summed E-state index contributed by atoms with van der Waals surface area (Å²) in [6, 6.07) is 0. The third kappa shape index (κ3) is 2.01. The van der Waals surface area contributed by atoms with Crippen LogP contribution < -0.4 is 5.73 Å². The maximum atomic E-state index is 5.64. The topological polar surface area (TPSA) is 61.3 Å². The highest BCUT2D eigenvalue weighted by Crippen LogP contribution is 2.29. The van der Waals surface area contributed by atoms with Crippen LogP contribution in [0.5, 0.6) is 0 Å². The van der Waals surface area contributed by atoms with Crippen molar-refractivity contribution in [3.63, 3.8) is 0 Å². The summed E-state index contributed by atoms with van der Waals surface area (Å²) in [5.41, 5.74) is 6.41. The van der Waals surface area contributed by atoms with E-state index in [1.807, 2.05) is 20.8 Å². The van der Waals surface area contributed by atoms with Gasteiger partial charge in [0, 0.05) is 12.5 Å². The van der Waals surface area contributed by atoms with Crippen molar-refractivity contribution in [2.24, 2.45) is 0 Å². The lowest BCUT2D eigenvalue weighted by Gasteiger charge is -2.15. The summed E-state index contributed by atoms with van der Waals surface area (Å²) in [6.45, 7) is 6.59. The molecule has 13 heavy (non-hydrogen) atoms. The number of nitrogens with two attached hydrogens (primary N) is 1. The molecule has 1 heterocycles. The molecule has 2 N–H and O–H groups in total. The fraction of sp³-hybridized carbons (Fsp3) is 0.667. The molecule has 0 radical (unpaired) electrons. The van der Waals surface area contributed by atoms with Gasteiger partial charge in [-0.1, -0.05) is 25.9 Å². The monoisotopic (exact) mass is 184 g/mol. The van der Waals surface area contributed by atoms with Crippen molar-refractivity contribution in [2.75, 3.05) is 12.8 Å². The third-order valence-electron chi connectivity index (χ3n) is 1.79. The average molecular weight is 184 g/mol. The van der Waals surface area contributed by atoms with Crippen LogP contribution in [0.25, 0.3) is 0 Å². The summed E-state index contributed by atoms with van der Waals surface area (Å²) < 4.78 is 10.2. The first-order chi connectivity index (χ1) is 5.96. The van der Waals surface area contributed by atoms with Crippen molar-refractivity contribution in [3.05, 3.63) is 11.3 Å². The first-order valence-corrected chi connectivity index (χ1v) is 4.20. The van der Waals surface area contributed by atoms with Gasteiger partial charge in [0.15, 0.2) is 5.82 Å². The lowest BCUT2D eigenvalue weighted by atomic mass is 9.90. The number of nitrogens with zero attached hydrogens (tertiary/aromatic N) is 1. The molecule has 0 unspecified atom stereocenters. The van der Waals surface area contributed by atoms with E-state index in [0.717, 1.165) is 11.3 Å². The van der Waals surface area contributed by atoms with Crippen molar-refractivity contribution < 1.29 is 9.26 Å². The summed E-state index contributed by atoms with van der Waals surface area (Å²) in [6.07, 6.45) is 0. The van der Waals surface area contributed by atoms with Gasteiger partial charge in [-0.05, 0) is 0 Å². The fourth-order valence-electron chi connectivity index (χ4n) is 1.19. The number of anilines is 1. The molecule has 0 aliphatic rings. The Morgan fingerprint density at radius 1 is 1.46 bits per heavy atom.